The third kappa shape index (κ3) is 2.31. The Labute approximate surface area is 111 Å². The first-order valence-electron chi connectivity index (χ1n) is 5.29. The quantitative estimate of drug-likeness (QED) is 0.880. The Bertz CT molecular complexity index is 612. The second kappa shape index (κ2) is 4.93. The summed E-state index contributed by atoms with van der Waals surface area (Å²) in [6.45, 7) is 1.91. The largest absolute Gasteiger partial charge is 0.465 e. The van der Waals surface area contributed by atoms with Gasteiger partial charge in [0.1, 0.15) is 12.4 Å². The van der Waals surface area contributed by atoms with E-state index in [-0.39, 0.29) is 19.1 Å². The second-order valence-corrected chi connectivity index (χ2v) is 4.47. The fourth-order valence-corrected chi connectivity index (χ4v) is 1.97. The molecule has 2 aromatic rings. The fourth-order valence-electron chi connectivity index (χ4n) is 1.64. The summed E-state index contributed by atoms with van der Waals surface area (Å²) in [4.78, 5) is 15.5. The molecule has 0 fully saturated rings. The maximum atomic E-state index is 13.5. The van der Waals surface area contributed by atoms with E-state index < -0.39 is 11.8 Å². The first kappa shape index (κ1) is 12.8. The maximum Gasteiger partial charge on any atom is 0.326 e. The average Bonchev–Trinajstić information content (AvgIpc) is 2.57. The molecular weight excluding hydrogens is 305 g/mol. The summed E-state index contributed by atoms with van der Waals surface area (Å²) in [5.41, 5.74) is 6.68. The predicted octanol–water partition coefficient (Wildman–Crippen LogP) is 2.08. The van der Waals surface area contributed by atoms with Crippen LogP contribution in [0.3, 0.4) is 0 Å². The van der Waals surface area contributed by atoms with Gasteiger partial charge in [0.25, 0.3) is 0 Å². The van der Waals surface area contributed by atoms with Crippen molar-refractivity contribution in [2.75, 3.05) is 12.3 Å². The van der Waals surface area contributed by atoms with Gasteiger partial charge in [0.2, 0.25) is 5.95 Å². The SMILES string of the molecule is CCOC(=O)Cn1c(N)nc2cc(Br)c(F)cc21. The number of nitrogens with zero attached hydrogens (tertiary/aromatic N) is 2. The highest BCUT2D eigenvalue weighted by molar-refractivity contribution is 9.10. The standard InChI is InChI=1S/C11H11BrFN3O2/c1-2-18-10(17)5-16-9-4-7(13)6(12)3-8(9)15-11(16)14/h3-4H,2,5H2,1H3,(H2,14,15). The van der Waals surface area contributed by atoms with Crippen molar-refractivity contribution in [1.29, 1.82) is 0 Å². The van der Waals surface area contributed by atoms with Gasteiger partial charge in [-0.3, -0.25) is 9.36 Å². The number of carbonyl (C=O) groups is 1. The van der Waals surface area contributed by atoms with Gasteiger partial charge >= 0.3 is 5.97 Å². The molecule has 0 spiro atoms. The van der Waals surface area contributed by atoms with Crippen LogP contribution in [0.25, 0.3) is 11.0 Å². The maximum absolute atomic E-state index is 13.5. The van der Waals surface area contributed by atoms with Crippen LogP contribution < -0.4 is 5.73 Å². The van der Waals surface area contributed by atoms with Crippen LogP contribution in [-0.2, 0) is 16.1 Å². The lowest BCUT2D eigenvalue weighted by Crippen LogP contribution is -2.15. The Kier molecular flexibility index (Phi) is 3.51. The molecule has 0 bridgehead atoms. The van der Waals surface area contributed by atoms with Crippen LogP contribution in [0.4, 0.5) is 10.3 Å². The predicted molar refractivity (Wildman–Crippen MR) is 68.4 cm³/mol. The summed E-state index contributed by atoms with van der Waals surface area (Å²) in [6.07, 6.45) is 0. The number of esters is 1. The third-order valence-corrected chi connectivity index (χ3v) is 3.02. The monoisotopic (exact) mass is 315 g/mol. The minimum Gasteiger partial charge on any atom is -0.465 e. The minimum atomic E-state index is -0.438. The zero-order valence-corrected chi connectivity index (χ0v) is 11.2. The number of nitrogen functional groups attached to an aromatic ring is 1. The van der Waals surface area contributed by atoms with Crippen molar-refractivity contribution in [3.05, 3.63) is 22.4 Å². The average molecular weight is 316 g/mol. The van der Waals surface area contributed by atoms with E-state index in [4.69, 9.17) is 10.5 Å². The number of nitrogens with two attached hydrogens (primary N) is 1. The van der Waals surface area contributed by atoms with Crippen molar-refractivity contribution in [3.63, 3.8) is 0 Å². The number of imidazole rings is 1. The number of ether oxygens (including phenoxy) is 1. The number of anilines is 1. The van der Waals surface area contributed by atoms with E-state index in [1.807, 2.05) is 0 Å². The Hall–Kier alpha value is -1.63. The minimum absolute atomic E-state index is 0.0861. The van der Waals surface area contributed by atoms with Gasteiger partial charge in [-0.1, -0.05) is 0 Å². The summed E-state index contributed by atoms with van der Waals surface area (Å²) in [6, 6.07) is 2.80. The van der Waals surface area contributed by atoms with E-state index in [1.54, 1.807) is 6.92 Å². The van der Waals surface area contributed by atoms with Crippen LogP contribution in [0.1, 0.15) is 6.92 Å². The van der Waals surface area contributed by atoms with E-state index in [0.29, 0.717) is 15.5 Å². The van der Waals surface area contributed by atoms with Crippen molar-refractivity contribution in [2.24, 2.45) is 0 Å². The highest BCUT2D eigenvalue weighted by Gasteiger charge is 2.14. The van der Waals surface area contributed by atoms with Gasteiger partial charge < -0.3 is 10.5 Å². The smallest absolute Gasteiger partial charge is 0.326 e. The number of hydrogen-bond donors (Lipinski definition) is 1. The summed E-state index contributed by atoms with van der Waals surface area (Å²) in [5, 5.41) is 0. The molecule has 0 aliphatic carbocycles. The molecule has 0 aliphatic heterocycles. The molecule has 0 saturated carbocycles. The second-order valence-electron chi connectivity index (χ2n) is 3.62. The van der Waals surface area contributed by atoms with Gasteiger partial charge in [-0.25, -0.2) is 9.37 Å². The van der Waals surface area contributed by atoms with Gasteiger partial charge in [0.15, 0.2) is 0 Å². The highest BCUT2D eigenvalue weighted by Crippen LogP contribution is 2.24. The van der Waals surface area contributed by atoms with Crippen LogP contribution in [0, 0.1) is 5.82 Å². The molecule has 2 N–H and O–H groups in total. The van der Waals surface area contributed by atoms with Crippen molar-refractivity contribution in [2.45, 2.75) is 13.5 Å². The molecule has 1 heterocycles. The van der Waals surface area contributed by atoms with Crippen molar-refractivity contribution < 1.29 is 13.9 Å². The molecule has 18 heavy (non-hydrogen) atoms. The fraction of sp³-hybridized carbons (Fsp3) is 0.273. The molecule has 0 amide bonds. The number of fused-ring (bicyclic) bond motifs is 1. The lowest BCUT2D eigenvalue weighted by molar-refractivity contribution is -0.143. The molecule has 0 aliphatic rings. The van der Waals surface area contributed by atoms with E-state index >= 15 is 0 Å². The number of rotatable bonds is 3. The number of benzene rings is 1. The zero-order valence-electron chi connectivity index (χ0n) is 9.61. The van der Waals surface area contributed by atoms with Gasteiger partial charge in [0.05, 0.1) is 22.1 Å². The zero-order chi connectivity index (χ0) is 13.3. The van der Waals surface area contributed by atoms with Crippen LogP contribution in [0.15, 0.2) is 16.6 Å². The Balaban J connectivity index is 2.46. The van der Waals surface area contributed by atoms with Gasteiger partial charge in [-0.2, -0.15) is 0 Å². The number of hydrogen-bond acceptors (Lipinski definition) is 4. The van der Waals surface area contributed by atoms with Gasteiger partial charge in [-0.05, 0) is 28.9 Å². The van der Waals surface area contributed by atoms with Crippen molar-refractivity contribution >= 4 is 38.9 Å². The molecule has 7 heteroatoms. The van der Waals surface area contributed by atoms with Crippen LogP contribution >= 0.6 is 15.9 Å². The molecule has 2 rings (SSSR count). The number of aromatic nitrogens is 2. The lowest BCUT2D eigenvalue weighted by Gasteiger charge is -2.06. The van der Waals surface area contributed by atoms with Crippen molar-refractivity contribution in [3.8, 4) is 0 Å². The Morgan fingerprint density at radius 1 is 1.61 bits per heavy atom. The molecule has 96 valence electrons. The molecular formula is C11H11BrFN3O2. The highest BCUT2D eigenvalue weighted by atomic mass is 79.9. The van der Waals surface area contributed by atoms with Crippen LogP contribution in [-0.4, -0.2) is 22.1 Å². The molecule has 0 radical (unpaired) electrons. The Morgan fingerprint density at radius 2 is 2.33 bits per heavy atom. The molecule has 0 atom stereocenters. The third-order valence-electron chi connectivity index (χ3n) is 2.41. The molecule has 5 nitrogen and oxygen atoms in total. The van der Waals surface area contributed by atoms with Crippen molar-refractivity contribution in [1.82, 2.24) is 9.55 Å². The van der Waals surface area contributed by atoms with Crippen LogP contribution in [0.2, 0.25) is 0 Å². The topological polar surface area (TPSA) is 70.1 Å². The molecule has 0 unspecified atom stereocenters. The molecule has 1 aromatic carbocycles. The number of carbonyl (C=O) groups excluding carboxylic acids is 1. The Morgan fingerprint density at radius 3 is 3.00 bits per heavy atom. The summed E-state index contributed by atoms with van der Waals surface area (Å²) < 4.78 is 20.0. The lowest BCUT2D eigenvalue weighted by atomic mass is 10.3. The first-order valence-corrected chi connectivity index (χ1v) is 6.08. The number of halogens is 2. The van der Waals surface area contributed by atoms with Gasteiger partial charge in [-0.15, -0.1) is 0 Å². The van der Waals surface area contributed by atoms with E-state index in [0.717, 1.165) is 0 Å². The normalized spacial score (nSPS) is 10.8. The van der Waals surface area contributed by atoms with E-state index in [9.17, 15) is 9.18 Å². The summed E-state index contributed by atoms with van der Waals surface area (Å²) in [7, 11) is 0. The van der Waals surface area contributed by atoms with Crippen LogP contribution in [0.5, 0.6) is 0 Å². The van der Waals surface area contributed by atoms with E-state index in [2.05, 4.69) is 20.9 Å². The first-order chi connectivity index (χ1) is 8.52. The molecule has 0 saturated heterocycles. The molecule has 1 aromatic heterocycles. The van der Waals surface area contributed by atoms with E-state index in [1.165, 1.54) is 16.7 Å². The summed E-state index contributed by atoms with van der Waals surface area (Å²) >= 11 is 3.07. The van der Waals surface area contributed by atoms with Gasteiger partial charge in [0, 0.05) is 6.07 Å². The summed E-state index contributed by atoms with van der Waals surface area (Å²) in [5.74, 6) is -0.727.